The maximum Gasteiger partial charge on any atom is 0.0262 e. The van der Waals surface area contributed by atoms with Crippen LogP contribution in [0.5, 0.6) is 0 Å². The van der Waals surface area contributed by atoms with Gasteiger partial charge in [-0.2, -0.15) is 0 Å². The van der Waals surface area contributed by atoms with Crippen LogP contribution in [-0.4, -0.2) is 6.04 Å². The van der Waals surface area contributed by atoms with Crippen molar-refractivity contribution in [3.8, 4) is 0 Å². The Bertz CT molecular complexity index is 152. The summed E-state index contributed by atoms with van der Waals surface area (Å²) in [5, 5.41) is 0. The molecule has 10 heavy (non-hydrogen) atoms. The standard InChI is InChI=1S/C9H15N/c1-4-6-7-9(5-2)8(3)10/h4-8H,1,10H2,2-3H3/b7-6-,9-5+. The lowest BCUT2D eigenvalue weighted by Crippen LogP contribution is -2.16. The Morgan fingerprint density at radius 1 is 1.60 bits per heavy atom. The van der Waals surface area contributed by atoms with Gasteiger partial charge >= 0.3 is 0 Å². The molecule has 2 N–H and O–H groups in total. The second-order valence-electron chi connectivity index (χ2n) is 2.17. The van der Waals surface area contributed by atoms with Gasteiger partial charge in [0.15, 0.2) is 0 Å². The van der Waals surface area contributed by atoms with Crippen molar-refractivity contribution < 1.29 is 0 Å². The topological polar surface area (TPSA) is 26.0 Å². The van der Waals surface area contributed by atoms with E-state index in [0.29, 0.717) is 0 Å². The Balaban J connectivity index is 4.10. The highest BCUT2D eigenvalue weighted by molar-refractivity contribution is 5.24. The minimum absolute atomic E-state index is 0.112. The quantitative estimate of drug-likeness (QED) is 0.592. The zero-order valence-corrected chi connectivity index (χ0v) is 6.67. The fourth-order valence-electron chi connectivity index (χ4n) is 0.690. The molecule has 1 atom stereocenters. The molecule has 0 spiro atoms. The predicted molar refractivity (Wildman–Crippen MR) is 46.7 cm³/mol. The minimum Gasteiger partial charge on any atom is -0.324 e. The first-order valence-electron chi connectivity index (χ1n) is 3.43. The van der Waals surface area contributed by atoms with Crippen LogP contribution in [0.2, 0.25) is 0 Å². The molecule has 0 aromatic rings. The molecule has 1 unspecified atom stereocenters. The monoisotopic (exact) mass is 137 g/mol. The Morgan fingerprint density at radius 3 is 2.50 bits per heavy atom. The fourth-order valence-corrected chi connectivity index (χ4v) is 0.690. The number of nitrogens with two attached hydrogens (primary N) is 1. The van der Waals surface area contributed by atoms with E-state index in [4.69, 9.17) is 5.73 Å². The first kappa shape index (κ1) is 9.18. The number of hydrogen-bond donors (Lipinski definition) is 1. The Morgan fingerprint density at radius 2 is 2.20 bits per heavy atom. The molecular formula is C9H15N. The Kier molecular flexibility index (Phi) is 4.59. The molecule has 0 amide bonds. The van der Waals surface area contributed by atoms with E-state index in [0.717, 1.165) is 5.57 Å². The summed E-state index contributed by atoms with van der Waals surface area (Å²) in [5.74, 6) is 0. The van der Waals surface area contributed by atoms with Gasteiger partial charge in [-0.15, -0.1) is 0 Å². The second kappa shape index (κ2) is 5.00. The molecule has 0 aliphatic rings. The van der Waals surface area contributed by atoms with Gasteiger partial charge in [0.1, 0.15) is 0 Å². The molecule has 0 aromatic carbocycles. The first-order chi connectivity index (χ1) is 4.72. The van der Waals surface area contributed by atoms with Crippen LogP contribution in [0.4, 0.5) is 0 Å². The van der Waals surface area contributed by atoms with Gasteiger partial charge < -0.3 is 5.73 Å². The molecule has 56 valence electrons. The summed E-state index contributed by atoms with van der Waals surface area (Å²) in [4.78, 5) is 0. The van der Waals surface area contributed by atoms with E-state index in [1.54, 1.807) is 6.08 Å². The molecule has 0 rings (SSSR count). The van der Waals surface area contributed by atoms with Crippen LogP contribution in [0.3, 0.4) is 0 Å². The zero-order valence-electron chi connectivity index (χ0n) is 6.67. The van der Waals surface area contributed by atoms with Crippen molar-refractivity contribution in [2.75, 3.05) is 0 Å². The highest BCUT2D eigenvalue weighted by Crippen LogP contribution is 2.00. The lowest BCUT2D eigenvalue weighted by Gasteiger charge is -2.03. The average molecular weight is 137 g/mol. The van der Waals surface area contributed by atoms with Crippen molar-refractivity contribution in [3.05, 3.63) is 36.5 Å². The number of rotatable bonds is 3. The van der Waals surface area contributed by atoms with Crippen molar-refractivity contribution in [1.29, 1.82) is 0 Å². The van der Waals surface area contributed by atoms with Crippen molar-refractivity contribution in [2.24, 2.45) is 5.73 Å². The van der Waals surface area contributed by atoms with E-state index in [2.05, 4.69) is 6.58 Å². The third kappa shape index (κ3) is 3.25. The summed E-state index contributed by atoms with van der Waals surface area (Å²) in [6, 6.07) is 0.112. The molecule has 0 aliphatic carbocycles. The summed E-state index contributed by atoms with van der Waals surface area (Å²) in [7, 11) is 0. The lowest BCUT2D eigenvalue weighted by molar-refractivity contribution is 0.883. The van der Waals surface area contributed by atoms with Gasteiger partial charge in [0.2, 0.25) is 0 Å². The van der Waals surface area contributed by atoms with Crippen molar-refractivity contribution in [1.82, 2.24) is 0 Å². The van der Waals surface area contributed by atoms with Crippen LogP contribution in [0.15, 0.2) is 36.5 Å². The molecule has 0 heterocycles. The van der Waals surface area contributed by atoms with Crippen molar-refractivity contribution in [3.63, 3.8) is 0 Å². The zero-order chi connectivity index (χ0) is 7.98. The molecular weight excluding hydrogens is 122 g/mol. The van der Waals surface area contributed by atoms with Crippen LogP contribution in [0.25, 0.3) is 0 Å². The minimum atomic E-state index is 0.112. The molecule has 0 aliphatic heterocycles. The second-order valence-corrected chi connectivity index (χ2v) is 2.17. The highest BCUT2D eigenvalue weighted by atomic mass is 14.6. The lowest BCUT2D eigenvalue weighted by atomic mass is 10.1. The molecule has 0 aromatic heterocycles. The highest BCUT2D eigenvalue weighted by Gasteiger charge is 1.94. The number of hydrogen-bond acceptors (Lipinski definition) is 1. The normalized spacial score (nSPS) is 15.7. The first-order valence-corrected chi connectivity index (χ1v) is 3.43. The Labute approximate surface area is 62.9 Å². The summed E-state index contributed by atoms with van der Waals surface area (Å²) in [6.45, 7) is 7.51. The van der Waals surface area contributed by atoms with Gasteiger partial charge in [0, 0.05) is 6.04 Å². The summed E-state index contributed by atoms with van der Waals surface area (Å²) < 4.78 is 0. The molecule has 1 heteroatoms. The van der Waals surface area contributed by atoms with Crippen LogP contribution >= 0.6 is 0 Å². The smallest absolute Gasteiger partial charge is 0.0262 e. The van der Waals surface area contributed by atoms with Crippen LogP contribution in [0.1, 0.15) is 13.8 Å². The van der Waals surface area contributed by atoms with E-state index >= 15 is 0 Å². The summed E-state index contributed by atoms with van der Waals surface area (Å²) in [5.41, 5.74) is 6.77. The Hall–Kier alpha value is -0.820. The third-order valence-electron chi connectivity index (χ3n) is 1.28. The van der Waals surface area contributed by atoms with Gasteiger partial charge in [-0.3, -0.25) is 0 Å². The molecule has 0 fully saturated rings. The van der Waals surface area contributed by atoms with Crippen LogP contribution in [-0.2, 0) is 0 Å². The largest absolute Gasteiger partial charge is 0.324 e. The van der Waals surface area contributed by atoms with Gasteiger partial charge in [-0.1, -0.05) is 30.9 Å². The maximum absolute atomic E-state index is 5.63. The molecule has 0 radical (unpaired) electrons. The molecule has 0 saturated carbocycles. The molecule has 1 nitrogen and oxygen atoms in total. The van der Waals surface area contributed by atoms with E-state index in [1.807, 2.05) is 32.1 Å². The van der Waals surface area contributed by atoms with E-state index in [9.17, 15) is 0 Å². The fraction of sp³-hybridized carbons (Fsp3) is 0.333. The van der Waals surface area contributed by atoms with Gasteiger partial charge in [-0.05, 0) is 19.4 Å². The number of allylic oxidation sites excluding steroid dienone is 3. The van der Waals surface area contributed by atoms with E-state index < -0.39 is 0 Å². The van der Waals surface area contributed by atoms with E-state index in [-0.39, 0.29) is 6.04 Å². The molecule has 0 bridgehead atoms. The van der Waals surface area contributed by atoms with Crippen molar-refractivity contribution >= 4 is 0 Å². The predicted octanol–water partition coefficient (Wildman–Crippen LogP) is 2.02. The molecule has 0 saturated heterocycles. The van der Waals surface area contributed by atoms with E-state index in [1.165, 1.54) is 0 Å². The maximum atomic E-state index is 5.63. The van der Waals surface area contributed by atoms with Crippen LogP contribution in [0, 0.1) is 0 Å². The van der Waals surface area contributed by atoms with Crippen LogP contribution < -0.4 is 5.73 Å². The van der Waals surface area contributed by atoms with Gasteiger partial charge in [0.25, 0.3) is 0 Å². The average Bonchev–Trinajstić information content (AvgIpc) is 1.89. The third-order valence-corrected chi connectivity index (χ3v) is 1.28. The SMILES string of the molecule is C=C/C=C\C(=C/C)C(C)N. The van der Waals surface area contributed by atoms with Gasteiger partial charge in [0.05, 0.1) is 0 Å². The summed E-state index contributed by atoms with van der Waals surface area (Å²) in [6.07, 6.45) is 7.60. The summed E-state index contributed by atoms with van der Waals surface area (Å²) >= 11 is 0. The van der Waals surface area contributed by atoms with Crippen molar-refractivity contribution in [2.45, 2.75) is 19.9 Å². The van der Waals surface area contributed by atoms with Gasteiger partial charge in [-0.25, -0.2) is 0 Å².